The van der Waals surface area contributed by atoms with E-state index in [0.29, 0.717) is 17.8 Å². The van der Waals surface area contributed by atoms with Gasteiger partial charge in [0.25, 0.3) is 0 Å². The van der Waals surface area contributed by atoms with Gasteiger partial charge in [-0.1, -0.05) is 12.1 Å². The Balaban J connectivity index is 2.00. The van der Waals surface area contributed by atoms with Gasteiger partial charge in [0, 0.05) is 18.7 Å². The number of fused-ring (bicyclic) bond motifs is 1. The van der Waals surface area contributed by atoms with Crippen molar-refractivity contribution >= 4 is 0 Å². The van der Waals surface area contributed by atoms with Gasteiger partial charge >= 0.3 is 0 Å². The molecule has 2 rings (SSSR count). The van der Waals surface area contributed by atoms with E-state index < -0.39 is 0 Å². The highest BCUT2D eigenvalue weighted by Gasteiger charge is 2.25. The summed E-state index contributed by atoms with van der Waals surface area (Å²) >= 11 is 0. The molecule has 3 nitrogen and oxygen atoms in total. The highest BCUT2D eigenvalue weighted by Crippen LogP contribution is 2.36. The maximum atomic E-state index is 9.76. The monoisotopic (exact) mass is 235 g/mol. The van der Waals surface area contributed by atoms with E-state index in [1.807, 2.05) is 6.07 Å². The molecule has 1 aliphatic carbocycles. The zero-order chi connectivity index (χ0) is 12.3. The first-order valence-corrected chi connectivity index (χ1v) is 6.40. The Morgan fingerprint density at radius 3 is 3.06 bits per heavy atom. The lowest BCUT2D eigenvalue weighted by molar-refractivity contribution is 0.273. The zero-order valence-electron chi connectivity index (χ0n) is 10.3. The van der Waals surface area contributed by atoms with Gasteiger partial charge in [-0.15, -0.1) is 0 Å². The molecule has 1 aromatic carbocycles. The fourth-order valence-electron chi connectivity index (χ4n) is 2.63. The third-order valence-corrected chi connectivity index (χ3v) is 3.53. The second-order valence-corrected chi connectivity index (χ2v) is 4.87. The van der Waals surface area contributed by atoms with Crippen molar-refractivity contribution in [1.82, 2.24) is 5.32 Å². The van der Waals surface area contributed by atoms with Gasteiger partial charge in [0.2, 0.25) is 0 Å². The number of benzene rings is 1. The number of phenolic OH excluding ortho intramolecular Hbond substituents is 1. The fourth-order valence-corrected chi connectivity index (χ4v) is 2.63. The molecule has 2 unspecified atom stereocenters. The minimum absolute atomic E-state index is 0.258. The molecule has 0 fully saturated rings. The van der Waals surface area contributed by atoms with Crippen LogP contribution in [0, 0.1) is 0 Å². The van der Waals surface area contributed by atoms with E-state index >= 15 is 0 Å². The van der Waals surface area contributed by atoms with Gasteiger partial charge in [-0.3, -0.25) is 0 Å². The molecule has 0 aromatic heterocycles. The Kier molecular flexibility index (Phi) is 4.02. The van der Waals surface area contributed by atoms with Gasteiger partial charge < -0.3 is 15.5 Å². The van der Waals surface area contributed by atoms with E-state index in [9.17, 15) is 5.11 Å². The zero-order valence-corrected chi connectivity index (χ0v) is 10.3. The van der Waals surface area contributed by atoms with Crippen molar-refractivity contribution in [2.75, 3.05) is 6.61 Å². The van der Waals surface area contributed by atoms with Gasteiger partial charge in [0.05, 0.1) is 0 Å². The van der Waals surface area contributed by atoms with Gasteiger partial charge in [0.1, 0.15) is 5.75 Å². The van der Waals surface area contributed by atoms with Crippen LogP contribution in [0.25, 0.3) is 0 Å². The first kappa shape index (κ1) is 12.4. The van der Waals surface area contributed by atoms with Crippen LogP contribution in [0.3, 0.4) is 0 Å². The lowest BCUT2D eigenvalue weighted by atomic mass is 10.1. The van der Waals surface area contributed by atoms with E-state index in [1.54, 1.807) is 6.07 Å². The summed E-state index contributed by atoms with van der Waals surface area (Å²) in [5, 5.41) is 22.1. The van der Waals surface area contributed by atoms with Gasteiger partial charge in [-0.05, 0) is 49.8 Å². The largest absolute Gasteiger partial charge is 0.508 e. The summed E-state index contributed by atoms with van der Waals surface area (Å²) in [6.07, 6.45) is 3.83. The smallest absolute Gasteiger partial charge is 0.119 e. The van der Waals surface area contributed by atoms with Crippen molar-refractivity contribution < 1.29 is 10.2 Å². The number of hydrogen-bond donors (Lipinski definition) is 3. The number of aliphatic hydroxyl groups excluding tert-OH is 1. The molecule has 2 atom stereocenters. The van der Waals surface area contributed by atoms with E-state index in [1.165, 1.54) is 5.56 Å². The molecular weight excluding hydrogens is 214 g/mol. The molecule has 0 aliphatic heterocycles. The molecule has 0 saturated carbocycles. The molecule has 3 heteroatoms. The SMILES string of the molecule is CC(CCCO)NC1CCc2c(O)cccc21. The van der Waals surface area contributed by atoms with Crippen LogP contribution in [-0.2, 0) is 6.42 Å². The van der Waals surface area contributed by atoms with Crippen LogP contribution in [-0.4, -0.2) is 22.9 Å². The average molecular weight is 235 g/mol. The van der Waals surface area contributed by atoms with Crippen LogP contribution in [0.1, 0.15) is 43.4 Å². The first-order chi connectivity index (χ1) is 8.22. The van der Waals surface area contributed by atoms with Crippen LogP contribution >= 0.6 is 0 Å². The minimum Gasteiger partial charge on any atom is -0.508 e. The van der Waals surface area contributed by atoms with E-state index in [-0.39, 0.29) is 6.61 Å². The van der Waals surface area contributed by atoms with Gasteiger partial charge in [-0.2, -0.15) is 0 Å². The molecule has 17 heavy (non-hydrogen) atoms. The minimum atomic E-state index is 0.258. The van der Waals surface area contributed by atoms with Crippen LogP contribution in [0.2, 0.25) is 0 Å². The van der Waals surface area contributed by atoms with Gasteiger partial charge in [-0.25, -0.2) is 0 Å². The third-order valence-electron chi connectivity index (χ3n) is 3.53. The normalized spacial score (nSPS) is 20.2. The summed E-state index contributed by atoms with van der Waals surface area (Å²) in [5.41, 5.74) is 2.33. The number of aliphatic hydroxyl groups is 1. The molecule has 0 saturated heterocycles. The van der Waals surface area contributed by atoms with Crippen molar-refractivity contribution in [2.45, 2.75) is 44.7 Å². The van der Waals surface area contributed by atoms with Gasteiger partial charge in [0.15, 0.2) is 0 Å². The second kappa shape index (κ2) is 5.52. The molecule has 1 aliphatic rings. The number of hydrogen-bond acceptors (Lipinski definition) is 3. The number of phenols is 1. The summed E-state index contributed by atoms with van der Waals surface area (Å²) < 4.78 is 0. The first-order valence-electron chi connectivity index (χ1n) is 6.40. The Morgan fingerprint density at radius 2 is 2.29 bits per heavy atom. The number of rotatable bonds is 5. The number of nitrogens with one attached hydrogen (secondary N) is 1. The Morgan fingerprint density at radius 1 is 1.47 bits per heavy atom. The maximum Gasteiger partial charge on any atom is 0.119 e. The lowest BCUT2D eigenvalue weighted by Gasteiger charge is -2.20. The van der Waals surface area contributed by atoms with Crippen LogP contribution in [0.5, 0.6) is 5.75 Å². The van der Waals surface area contributed by atoms with E-state index in [2.05, 4.69) is 18.3 Å². The van der Waals surface area contributed by atoms with Crippen LogP contribution in [0.4, 0.5) is 0 Å². The predicted octanol–water partition coefficient (Wildman–Crippen LogP) is 2.13. The highest BCUT2D eigenvalue weighted by molar-refractivity contribution is 5.44. The highest BCUT2D eigenvalue weighted by atomic mass is 16.3. The van der Waals surface area contributed by atoms with Crippen molar-refractivity contribution in [2.24, 2.45) is 0 Å². The molecule has 0 radical (unpaired) electrons. The fraction of sp³-hybridized carbons (Fsp3) is 0.571. The summed E-state index contributed by atoms with van der Waals surface area (Å²) in [7, 11) is 0. The quantitative estimate of drug-likeness (QED) is 0.733. The lowest BCUT2D eigenvalue weighted by Crippen LogP contribution is -2.29. The topological polar surface area (TPSA) is 52.5 Å². The van der Waals surface area contributed by atoms with Crippen molar-refractivity contribution in [3.63, 3.8) is 0 Å². The predicted molar refractivity (Wildman–Crippen MR) is 68.1 cm³/mol. The Hall–Kier alpha value is -1.06. The number of aromatic hydroxyl groups is 1. The Bertz CT molecular complexity index is 378. The summed E-state index contributed by atoms with van der Waals surface area (Å²) in [4.78, 5) is 0. The summed E-state index contributed by atoms with van der Waals surface area (Å²) in [6.45, 7) is 2.41. The molecule has 0 amide bonds. The molecule has 0 heterocycles. The van der Waals surface area contributed by atoms with Crippen LogP contribution in [0.15, 0.2) is 18.2 Å². The maximum absolute atomic E-state index is 9.76. The van der Waals surface area contributed by atoms with Crippen molar-refractivity contribution in [1.29, 1.82) is 0 Å². The molecule has 0 spiro atoms. The molecule has 1 aromatic rings. The standard InChI is InChI=1S/C14H21NO2/c1-10(4-3-9-16)15-13-8-7-12-11(13)5-2-6-14(12)17/h2,5-6,10,13,15-17H,3-4,7-9H2,1H3. The molecule has 94 valence electrons. The Labute approximate surface area is 102 Å². The average Bonchev–Trinajstić information content (AvgIpc) is 2.71. The van der Waals surface area contributed by atoms with E-state index in [0.717, 1.165) is 31.2 Å². The summed E-state index contributed by atoms with van der Waals surface area (Å²) in [5.74, 6) is 0.426. The molecule has 3 N–H and O–H groups in total. The third kappa shape index (κ3) is 2.79. The second-order valence-electron chi connectivity index (χ2n) is 4.87. The van der Waals surface area contributed by atoms with Crippen molar-refractivity contribution in [3.8, 4) is 5.75 Å². The van der Waals surface area contributed by atoms with Crippen molar-refractivity contribution in [3.05, 3.63) is 29.3 Å². The molecule has 0 bridgehead atoms. The van der Waals surface area contributed by atoms with Crippen LogP contribution < -0.4 is 5.32 Å². The summed E-state index contributed by atoms with van der Waals surface area (Å²) in [6, 6.07) is 6.52. The van der Waals surface area contributed by atoms with E-state index in [4.69, 9.17) is 5.11 Å². The molecular formula is C14H21NO2.